The van der Waals surface area contributed by atoms with E-state index in [-0.39, 0.29) is 12.8 Å². The molecule has 4 atom stereocenters. The normalized spacial score (nSPS) is 14.1. The van der Waals surface area contributed by atoms with Gasteiger partial charge in [-0.2, -0.15) is 0 Å². The Morgan fingerprint density at radius 3 is 2.00 bits per heavy atom. The molecule has 16 heteroatoms. The Morgan fingerprint density at radius 2 is 1.50 bits per heavy atom. The molecule has 200 valence electrons. The highest BCUT2D eigenvalue weighted by Crippen LogP contribution is 2.04. The minimum atomic E-state index is -1.71. The second-order valence-corrected chi connectivity index (χ2v) is 7.96. The molecule has 4 unspecified atom stereocenters. The molecule has 0 saturated carbocycles. The van der Waals surface area contributed by atoms with Gasteiger partial charge in [-0.1, -0.05) is 0 Å². The number of hydrogen-bond acceptors (Lipinski definition) is 9. The van der Waals surface area contributed by atoms with Crippen LogP contribution >= 0.6 is 0 Å². The quantitative estimate of drug-likeness (QED) is 0.0915. The van der Waals surface area contributed by atoms with Gasteiger partial charge in [0.1, 0.15) is 18.1 Å². The van der Waals surface area contributed by atoms with E-state index in [0.29, 0.717) is 25.1 Å². The number of carboxylic acid groups (broad SMARTS) is 2. The number of aliphatic carboxylic acids is 2. The van der Waals surface area contributed by atoms with E-state index in [1.807, 2.05) is 0 Å². The monoisotopic (exact) mass is 512 g/mol. The Hall–Kier alpha value is -4.05. The number of nitrogens with one attached hydrogen (secondary N) is 4. The first-order chi connectivity index (χ1) is 16.9. The number of rotatable bonds is 17. The van der Waals surface area contributed by atoms with Gasteiger partial charge < -0.3 is 48.3 Å². The van der Waals surface area contributed by atoms with Gasteiger partial charge in [-0.25, -0.2) is 9.78 Å². The van der Waals surface area contributed by atoms with Crippen LogP contribution in [0.5, 0.6) is 0 Å². The maximum atomic E-state index is 12.8. The summed E-state index contributed by atoms with van der Waals surface area (Å²) in [7, 11) is 0. The van der Waals surface area contributed by atoms with Crippen LogP contribution < -0.4 is 33.2 Å². The topological polar surface area (TPSA) is 286 Å². The van der Waals surface area contributed by atoms with E-state index in [1.54, 1.807) is 0 Å². The SMILES string of the molecule is NCCCCC(NC(=O)C(CC(=O)O)NC(=O)C(CC(N)=O)NC(=O)C(N)Cc1cnc[nH]1)C(=O)O. The first-order valence-corrected chi connectivity index (χ1v) is 11.0. The summed E-state index contributed by atoms with van der Waals surface area (Å²) in [5.74, 6) is -6.79. The molecular formula is C20H32N8O8. The molecule has 12 N–H and O–H groups in total. The minimum absolute atomic E-state index is 0.0284. The summed E-state index contributed by atoms with van der Waals surface area (Å²) < 4.78 is 0. The smallest absolute Gasteiger partial charge is 0.326 e. The first kappa shape index (κ1) is 30.0. The van der Waals surface area contributed by atoms with Crippen LogP contribution in [0.3, 0.4) is 0 Å². The lowest BCUT2D eigenvalue weighted by molar-refractivity contribution is -0.144. The van der Waals surface area contributed by atoms with Crippen molar-refractivity contribution < 1.29 is 39.0 Å². The molecule has 0 saturated heterocycles. The van der Waals surface area contributed by atoms with Crippen LogP contribution in [-0.4, -0.2) is 86.5 Å². The highest BCUT2D eigenvalue weighted by Gasteiger charge is 2.32. The summed E-state index contributed by atoms with van der Waals surface area (Å²) in [4.78, 5) is 78.6. The van der Waals surface area contributed by atoms with Crippen molar-refractivity contribution in [2.45, 2.75) is 62.7 Å². The predicted octanol–water partition coefficient (Wildman–Crippen LogP) is -3.70. The zero-order chi connectivity index (χ0) is 27.3. The van der Waals surface area contributed by atoms with E-state index < -0.39 is 72.6 Å². The van der Waals surface area contributed by atoms with Crippen LogP contribution in [0.1, 0.15) is 37.8 Å². The number of imidazole rings is 1. The van der Waals surface area contributed by atoms with Crippen molar-refractivity contribution in [2.75, 3.05) is 6.54 Å². The summed E-state index contributed by atoms with van der Waals surface area (Å²) in [5, 5.41) is 25.1. The van der Waals surface area contributed by atoms with Gasteiger partial charge in [0.2, 0.25) is 23.6 Å². The van der Waals surface area contributed by atoms with Crippen molar-refractivity contribution in [3.05, 3.63) is 18.2 Å². The maximum Gasteiger partial charge on any atom is 0.326 e. The average molecular weight is 513 g/mol. The number of amides is 4. The number of nitrogens with zero attached hydrogens (tertiary/aromatic N) is 1. The second kappa shape index (κ2) is 15.0. The van der Waals surface area contributed by atoms with Crippen molar-refractivity contribution in [2.24, 2.45) is 17.2 Å². The van der Waals surface area contributed by atoms with Crippen molar-refractivity contribution >= 4 is 35.6 Å². The summed E-state index contributed by atoms with van der Waals surface area (Å²) in [5.41, 5.74) is 16.9. The lowest BCUT2D eigenvalue weighted by Crippen LogP contribution is -2.58. The van der Waals surface area contributed by atoms with Crippen molar-refractivity contribution in [3.8, 4) is 0 Å². The largest absolute Gasteiger partial charge is 0.481 e. The van der Waals surface area contributed by atoms with E-state index in [9.17, 15) is 33.9 Å². The molecule has 0 aromatic carbocycles. The third-order valence-electron chi connectivity index (χ3n) is 4.94. The fourth-order valence-electron chi connectivity index (χ4n) is 3.09. The van der Waals surface area contributed by atoms with E-state index in [1.165, 1.54) is 12.5 Å². The molecule has 0 radical (unpaired) electrons. The van der Waals surface area contributed by atoms with Crippen LogP contribution in [0.15, 0.2) is 12.5 Å². The summed E-state index contributed by atoms with van der Waals surface area (Å²) in [6.45, 7) is 0.316. The number of unbranched alkanes of at least 4 members (excludes halogenated alkanes) is 1. The van der Waals surface area contributed by atoms with Crippen LogP contribution in [0, 0.1) is 0 Å². The predicted molar refractivity (Wildman–Crippen MR) is 123 cm³/mol. The summed E-state index contributed by atoms with van der Waals surface area (Å²) >= 11 is 0. The lowest BCUT2D eigenvalue weighted by Gasteiger charge is -2.24. The van der Waals surface area contributed by atoms with Gasteiger partial charge in [0.05, 0.1) is 25.2 Å². The first-order valence-electron chi connectivity index (χ1n) is 11.0. The molecule has 1 rings (SSSR count). The van der Waals surface area contributed by atoms with Gasteiger partial charge >= 0.3 is 11.9 Å². The molecule has 0 aliphatic carbocycles. The van der Waals surface area contributed by atoms with Gasteiger partial charge in [0.25, 0.3) is 0 Å². The van der Waals surface area contributed by atoms with Gasteiger partial charge in [-0.3, -0.25) is 24.0 Å². The van der Waals surface area contributed by atoms with Gasteiger partial charge in [0, 0.05) is 18.3 Å². The number of H-pyrrole nitrogens is 1. The molecule has 0 aliphatic rings. The third-order valence-corrected chi connectivity index (χ3v) is 4.94. The Morgan fingerprint density at radius 1 is 0.917 bits per heavy atom. The molecule has 1 heterocycles. The minimum Gasteiger partial charge on any atom is -0.481 e. The van der Waals surface area contributed by atoms with E-state index >= 15 is 0 Å². The van der Waals surface area contributed by atoms with Crippen molar-refractivity contribution in [1.82, 2.24) is 25.9 Å². The van der Waals surface area contributed by atoms with Crippen LogP contribution in [0.25, 0.3) is 0 Å². The average Bonchev–Trinajstić information content (AvgIpc) is 3.29. The number of aromatic nitrogens is 2. The van der Waals surface area contributed by atoms with E-state index in [0.717, 1.165) is 0 Å². The fourth-order valence-corrected chi connectivity index (χ4v) is 3.09. The number of carbonyl (C=O) groups excluding carboxylic acids is 4. The number of nitrogens with two attached hydrogens (primary N) is 3. The van der Waals surface area contributed by atoms with Crippen molar-refractivity contribution in [1.29, 1.82) is 0 Å². The van der Waals surface area contributed by atoms with Crippen molar-refractivity contribution in [3.63, 3.8) is 0 Å². The fraction of sp³-hybridized carbons (Fsp3) is 0.550. The van der Waals surface area contributed by atoms with Crippen LogP contribution in [0.2, 0.25) is 0 Å². The highest BCUT2D eigenvalue weighted by atomic mass is 16.4. The molecule has 36 heavy (non-hydrogen) atoms. The van der Waals surface area contributed by atoms with Gasteiger partial charge in [0.15, 0.2) is 0 Å². The molecular weight excluding hydrogens is 480 g/mol. The molecule has 0 aliphatic heterocycles. The molecule has 0 bridgehead atoms. The Kier molecular flexibility index (Phi) is 12.5. The number of hydrogen-bond donors (Lipinski definition) is 9. The zero-order valence-corrected chi connectivity index (χ0v) is 19.4. The highest BCUT2D eigenvalue weighted by molar-refractivity contribution is 5.97. The Labute approximate surface area is 205 Å². The standard InChI is InChI=1S/C20H32N8O8/c21-4-2-1-3-12(20(35)36)26-19(34)14(7-16(30)31)28-18(33)13(6-15(23)29)27-17(32)11(22)5-10-8-24-9-25-10/h8-9,11-14H,1-7,21-22H2,(H2,23,29)(H,24,25)(H,26,34)(H,27,32)(H,28,33)(H,30,31)(H,35,36). The Balaban J connectivity index is 2.93. The van der Waals surface area contributed by atoms with Crippen LogP contribution in [0.4, 0.5) is 0 Å². The van der Waals surface area contributed by atoms with Gasteiger partial charge in [-0.15, -0.1) is 0 Å². The lowest BCUT2D eigenvalue weighted by atomic mass is 10.1. The van der Waals surface area contributed by atoms with Crippen LogP contribution in [-0.2, 0) is 35.2 Å². The Bertz CT molecular complexity index is 923. The number of carbonyl (C=O) groups is 6. The number of aromatic amines is 1. The molecule has 0 fully saturated rings. The molecule has 1 aromatic heterocycles. The summed E-state index contributed by atoms with van der Waals surface area (Å²) in [6.07, 6.45) is 2.19. The third kappa shape index (κ3) is 10.9. The number of primary amides is 1. The maximum absolute atomic E-state index is 12.8. The van der Waals surface area contributed by atoms with E-state index in [4.69, 9.17) is 22.3 Å². The number of carboxylic acids is 2. The van der Waals surface area contributed by atoms with E-state index in [2.05, 4.69) is 25.9 Å². The zero-order valence-electron chi connectivity index (χ0n) is 19.4. The molecule has 0 spiro atoms. The molecule has 4 amide bonds. The second-order valence-electron chi connectivity index (χ2n) is 7.96. The molecule has 16 nitrogen and oxygen atoms in total. The molecule has 1 aromatic rings. The summed E-state index contributed by atoms with van der Waals surface area (Å²) in [6, 6.07) is -5.78. The van der Waals surface area contributed by atoms with Gasteiger partial charge in [-0.05, 0) is 25.8 Å².